The van der Waals surface area contributed by atoms with Crippen LogP contribution < -0.4 is 20.1 Å². The van der Waals surface area contributed by atoms with Gasteiger partial charge in [-0.2, -0.15) is 0 Å². The molecule has 4 N–H and O–H groups in total. The number of benzene rings is 2. The maximum absolute atomic E-state index is 9.96. The summed E-state index contributed by atoms with van der Waals surface area (Å²) >= 11 is 14.9. The largest absolute Gasteiger partial charge is 0.491 e. The van der Waals surface area contributed by atoms with Crippen LogP contribution in [0.5, 0.6) is 11.5 Å². The second-order valence-corrected chi connectivity index (χ2v) is 14.2. The van der Waals surface area contributed by atoms with Gasteiger partial charge in [0.05, 0.1) is 56.4 Å². The molecule has 41 heavy (non-hydrogen) atoms. The fraction of sp³-hybridized carbons (Fsp3) is 0.586. The zero-order valence-corrected chi connectivity index (χ0v) is 29.6. The van der Waals surface area contributed by atoms with Gasteiger partial charge in [0, 0.05) is 18.5 Å². The summed E-state index contributed by atoms with van der Waals surface area (Å²) < 4.78 is 26.3. The Morgan fingerprint density at radius 3 is 1.44 bits per heavy atom. The van der Waals surface area contributed by atoms with E-state index in [1.54, 1.807) is 0 Å². The van der Waals surface area contributed by atoms with Crippen molar-refractivity contribution < 1.29 is 29.2 Å². The fourth-order valence-electron chi connectivity index (χ4n) is 5.01. The number of ether oxygens (including phenoxy) is 4. The topological polar surface area (TPSA) is 101 Å². The first-order chi connectivity index (χ1) is 19.6. The molecule has 4 unspecified atom stereocenters. The van der Waals surface area contributed by atoms with E-state index in [1.807, 2.05) is 0 Å². The zero-order chi connectivity index (χ0) is 29.6. The second-order valence-electron chi connectivity index (χ2n) is 10.8. The molecule has 0 bridgehead atoms. The lowest BCUT2D eigenvalue weighted by atomic mass is 9.78. The first kappa shape index (κ1) is 33.6. The normalized spacial score (nSPS) is 23.4. The highest BCUT2D eigenvalue weighted by Crippen LogP contribution is 2.44. The number of aliphatic hydroxyl groups excluding tert-OH is 2. The maximum atomic E-state index is 9.96. The van der Waals surface area contributed by atoms with E-state index >= 15 is 0 Å². The number of nitrogens with one attached hydrogen (secondary N) is 2. The van der Waals surface area contributed by atoms with Crippen molar-refractivity contribution in [1.82, 2.24) is 10.6 Å². The van der Waals surface area contributed by atoms with E-state index in [-0.39, 0.29) is 17.5 Å². The average Bonchev–Trinajstić information content (AvgIpc) is 2.93. The average molecular weight is 830 g/mol. The monoisotopic (exact) mass is 826 g/mol. The van der Waals surface area contributed by atoms with E-state index in [0.717, 1.165) is 79.3 Å². The molecule has 4 rings (SSSR count). The van der Waals surface area contributed by atoms with Gasteiger partial charge < -0.3 is 39.8 Å². The van der Waals surface area contributed by atoms with Gasteiger partial charge in [0.2, 0.25) is 0 Å². The van der Waals surface area contributed by atoms with Crippen LogP contribution in [0.15, 0.2) is 42.2 Å². The van der Waals surface area contributed by atoms with Crippen molar-refractivity contribution in [3.05, 3.63) is 53.3 Å². The lowest BCUT2D eigenvalue weighted by Gasteiger charge is -2.29. The molecule has 0 saturated carbocycles. The number of rotatable bonds is 12. The number of aliphatic hydroxyl groups is 2. The van der Waals surface area contributed by atoms with Crippen LogP contribution in [0.25, 0.3) is 0 Å². The van der Waals surface area contributed by atoms with Crippen LogP contribution in [0.1, 0.15) is 50.7 Å². The Labute approximate surface area is 275 Å². The highest BCUT2D eigenvalue weighted by atomic mass is 79.9. The molecule has 2 aliphatic rings. The minimum Gasteiger partial charge on any atom is -0.491 e. The van der Waals surface area contributed by atoms with E-state index in [4.69, 9.17) is 18.9 Å². The summed E-state index contributed by atoms with van der Waals surface area (Å²) in [6, 6.07) is 8.27. The molecule has 0 radical (unpaired) electrons. The van der Waals surface area contributed by atoms with Crippen molar-refractivity contribution in [2.45, 2.75) is 69.6 Å². The highest BCUT2D eigenvalue weighted by Gasteiger charge is 2.28. The molecule has 0 amide bonds. The van der Waals surface area contributed by atoms with Crippen LogP contribution >= 0.6 is 63.7 Å². The molecule has 2 fully saturated rings. The quantitative estimate of drug-likeness (QED) is 0.194. The minimum atomic E-state index is -0.765. The van der Waals surface area contributed by atoms with Crippen LogP contribution in [-0.4, -0.2) is 74.4 Å². The van der Waals surface area contributed by atoms with Gasteiger partial charge in [0.1, 0.15) is 11.5 Å². The molecule has 0 aromatic heterocycles. The highest BCUT2D eigenvalue weighted by molar-refractivity contribution is 9.11. The molecule has 12 heteroatoms. The van der Waals surface area contributed by atoms with Crippen molar-refractivity contribution in [1.29, 1.82) is 0 Å². The van der Waals surface area contributed by atoms with Crippen molar-refractivity contribution >= 4 is 63.7 Å². The third-order valence-electron chi connectivity index (χ3n) is 7.53. The summed E-state index contributed by atoms with van der Waals surface area (Å²) in [7, 11) is 0. The second kappa shape index (κ2) is 15.6. The van der Waals surface area contributed by atoms with E-state index in [1.165, 1.54) is 0 Å². The van der Waals surface area contributed by atoms with Gasteiger partial charge in [-0.25, -0.2) is 0 Å². The molecular weight excluding hydrogens is 792 g/mol. The first-order valence-corrected chi connectivity index (χ1v) is 17.1. The molecule has 2 aromatic carbocycles. The van der Waals surface area contributed by atoms with Gasteiger partial charge in [-0.1, -0.05) is 13.8 Å². The van der Waals surface area contributed by atoms with Crippen molar-refractivity contribution in [3.8, 4) is 11.5 Å². The third-order valence-corrected chi connectivity index (χ3v) is 9.89. The number of hydrogen-bond acceptors (Lipinski definition) is 8. The van der Waals surface area contributed by atoms with Gasteiger partial charge in [0.15, 0.2) is 12.6 Å². The molecule has 2 saturated heterocycles. The number of hydrogen-bond donors (Lipinski definition) is 4. The van der Waals surface area contributed by atoms with Crippen LogP contribution in [0.3, 0.4) is 0 Å². The lowest BCUT2D eigenvalue weighted by molar-refractivity contribution is -0.141. The van der Waals surface area contributed by atoms with Gasteiger partial charge in [-0.05, 0) is 125 Å². The smallest absolute Gasteiger partial charge is 0.169 e. The van der Waals surface area contributed by atoms with Crippen molar-refractivity contribution in [2.24, 2.45) is 0 Å². The predicted molar refractivity (Wildman–Crippen MR) is 173 cm³/mol. The van der Waals surface area contributed by atoms with E-state index in [2.05, 4.69) is 112 Å². The molecule has 2 heterocycles. The number of morpholine rings is 2. The standard InChI is InChI=1S/C29H38Br4N2O6/c1-29(2,17-13-19(30)25(20(31)14-17)38-9-3-5-23-27(36)40-11-7-34-23)18-15-21(32)26(22(33)16-18)39-10-4-6-24-28(37)41-12-8-35-24/h13-16,23-24,27-28,34-37H,3-12H2,1-2H3. The molecule has 8 nitrogen and oxygen atoms in total. The van der Waals surface area contributed by atoms with Crippen LogP contribution in [0.2, 0.25) is 0 Å². The summed E-state index contributed by atoms with van der Waals surface area (Å²) in [5, 5.41) is 26.5. The Morgan fingerprint density at radius 1 is 0.732 bits per heavy atom. The predicted octanol–water partition coefficient (Wildman–Crippen LogP) is 5.99. The van der Waals surface area contributed by atoms with Gasteiger partial charge >= 0.3 is 0 Å². The molecule has 2 aromatic rings. The van der Waals surface area contributed by atoms with Crippen LogP contribution in [-0.2, 0) is 14.9 Å². The van der Waals surface area contributed by atoms with Crippen LogP contribution in [0.4, 0.5) is 0 Å². The van der Waals surface area contributed by atoms with Gasteiger partial charge in [0.25, 0.3) is 0 Å². The molecule has 0 spiro atoms. The van der Waals surface area contributed by atoms with Crippen LogP contribution in [0, 0.1) is 0 Å². The summed E-state index contributed by atoms with van der Waals surface area (Å²) in [4.78, 5) is 0. The van der Waals surface area contributed by atoms with E-state index in [9.17, 15) is 10.2 Å². The molecular formula is C29H38Br4N2O6. The zero-order valence-electron chi connectivity index (χ0n) is 23.2. The fourth-order valence-corrected chi connectivity index (χ4v) is 7.84. The van der Waals surface area contributed by atoms with Crippen molar-refractivity contribution in [2.75, 3.05) is 39.5 Å². The summed E-state index contributed by atoms with van der Waals surface area (Å²) in [6.45, 7) is 7.99. The Hall–Kier alpha value is -0.280. The maximum Gasteiger partial charge on any atom is 0.169 e. The van der Waals surface area contributed by atoms with Crippen molar-refractivity contribution in [3.63, 3.8) is 0 Å². The Kier molecular flexibility index (Phi) is 12.8. The molecule has 4 atom stereocenters. The summed E-state index contributed by atoms with van der Waals surface area (Å²) in [5.41, 5.74) is 1.91. The minimum absolute atomic E-state index is 0.0687. The lowest BCUT2D eigenvalue weighted by Crippen LogP contribution is -2.48. The SMILES string of the molecule is CC(C)(c1cc(Br)c(OCCCC2NCCOC2O)c(Br)c1)c1cc(Br)c(OCCCC2NCCOC2O)c(Br)c1. The molecule has 2 aliphatic heterocycles. The van der Waals surface area contributed by atoms with E-state index in [0.29, 0.717) is 26.4 Å². The molecule has 228 valence electrons. The van der Waals surface area contributed by atoms with Gasteiger partial charge in [-0.15, -0.1) is 0 Å². The summed E-state index contributed by atoms with van der Waals surface area (Å²) in [5.74, 6) is 1.51. The molecule has 0 aliphatic carbocycles. The Morgan fingerprint density at radius 2 is 1.10 bits per heavy atom. The Balaban J connectivity index is 1.36. The van der Waals surface area contributed by atoms with Gasteiger partial charge in [-0.3, -0.25) is 0 Å². The summed E-state index contributed by atoms with van der Waals surface area (Å²) in [6.07, 6.45) is 1.57. The van der Waals surface area contributed by atoms with E-state index < -0.39 is 12.6 Å². The first-order valence-electron chi connectivity index (χ1n) is 13.9. The third kappa shape index (κ3) is 8.89. The Bertz CT molecular complexity index is 1040. The number of halogens is 4.